The number of nitrogens with zero attached hydrogens (tertiary/aromatic N) is 1. The zero-order valence-corrected chi connectivity index (χ0v) is 13.3. The first-order chi connectivity index (χ1) is 9.83. The van der Waals surface area contributed by atoms with Gasteiger partial charge in [0.05, 0.1) is 26.7 Å². The van der Waals surface area contributed by atoms with E-state index in [9.17, 15) is 12.8 Å². The van der Waals surface area contributed by atoms with Crippen LogP contribution in [0.2, 0.25) is 0 Å². The number of hydrogen-bond donors (Lipinski definition) is 1. The van der Waals surface area contributed by atoms with Crippen molar-refractivity contribution in [1.29, 1.82) is 5.26 Å². The summed E-state index contributed by atoms with van der Waals surface area (Å²) in [4.78, 5) is -0.00937. The largest absolute Gasteiger partial charge is 0.280 e. The van der Waals surface area contributed by atoms with Crippen LogP contribution < -0.4 is 4.72 Å². The number of aryl methyl sites for hydroxylation is 1. The summed E-state index contributed by atoms with van der Waals surface area (Å²) in [5, 5.41) is 8.86. The predicted octanol–water partition coefficient (Wildman–Crippen LogP) is 3.57. The van der Waals surface area contributed by atoms with Crippen molar-refractivity contribution in [3.63, 3.8) is 0 Å². The molecule has 2 aromatic rings. The molecular weight excluding hydrogens is 359 g/mol. The van der Waals surface area contributed by atoms with Crippen molar-refractivity contribution in [1.82, 2.24) is 0 Å². The van der Waals surface area contributed by atoms with Gasteiger partial charge in [-0.05, 0) is 58.7 Å². The Balaban J connectivity index is 2.43. The first-order valence-electron chi connectivity index (χ1n) is 5.82. The zero-order chi connectivity index (χ0) is 15.6. The Kier molecular flexibility index (Phi) is 4.30. The van der Waals surface area contributed by atoms with Crippen molar-refractivity contribution in [2.45, 2.75) is 11.8 Å². The Hall–Kier alpha value is -1.91. The molecule has 0 saturated heterocycles. The first-order valence-corrected chi connectivity index (χ1v) is 8.10. The molecule has 4 nitrogen and oxygen atoms in total. The van der Waals surface area contributed by atoms with Gasteiger partial charge in [-0.15, -0.1) is 0 Å². The highest BCUT2D eigenvalue weighted by atomic mass is 79.9. The molecule has 0 radical (unpaired) electrons. The van der Waals surface area contributed by atoms with Gasteiger partial charge >= 0.3 is 0 Å². The lowest BCUT2D eigenvalue weighted by atomic mass is 10.2. The number of nitrogens with one attached hydrogen (secondary N) is 1. The van der Waals surface area contributed by atoms with Crippen LogP contribution in [-0.4, -0.2) is 8.42 Å². The van der Waals surface area contributed by atoms with Crippen LogP contribution >= 0.6 is 15.9 Å². The van der Waals surface area contributed by atoms with Crippen molar-refractivity contribution >= 4 is 31.6 Å². The summed E-state index contributed by atoms with van der Waals surface area (Å²) >= 11 is 3.00. The second-order valence-electron chi connectivity index (χ2n) is 4.33. The summed E-state index contributed by atoms with van der Waals surface area (Å²) in [6.07, 6.45) is 0. The molecule has 7 heteroatoms. The van der Waals surface area contributed by atoms with E-state index in [1.807, 2.05) is 6.07 Å². The molecule has 0 aliphatic carbocycles. The molecule has 0 bridgehead atoms. The Labute approximate surface area is 130 Å². The van der Waals surface area contributed by atoms with Crippen LogP contribution in [-0.2, 0) is 10.0 Å². The van der Waals surface area contributed by atoms with Crippen LogP contribution in [0.5, 0.6) is 0 Å². The third-order valence-electron chi connectivity index (χ3n) is 2.78. The van der Waals surface area contributed by atoms with Crippen molar-refractivity contribution < 1.29 is 12.8 Å². The second kappa shape index (κ2) is 5.84. The third kappa shape index (κ3) is 3.40. The van der Waals surface area contributed by atoms with Crippen LogP contribution in [0.25, 0.3) is 0 Å². The standard InChI is InChI=1S/C14H10BrFN2O2S/c1-9-2-3-10(8-17)6-14(9)21(19,20)18-11-4-5-12(15)13(16)7-11/h2-7,18H,1H3. The fraction of sp³-hybridized carbons (Fsp3) is 0.0714. The van der Waals surface area contributed by atoms with E-state index >= 15 is 0 Å². The summed E-state index contributed by atoms with van der Waals surface area (Å²) in [5.74, 6) is -0.572. The van der Waals surface area contributed by atoms with Gasteiger partial charge in [0.15, 0.2) is 0 Å². The van der Waals surface area contributed by atoms with E-state index in [1.54, 1.807) is 13.0 Å². The highest BCUT2D eigenvalue weighted by molar-refractivity contribution is 9.10. The Morgan fingerprint density at radius 1 is 1.24 bits per heavy atom. The van der Waals surface area contributed by atoms with Gasteiger partial charge < -0.3 is 0 Å². The van der Waals surface area contributed by atoms with Crippen LogP contribution in [0.15, 0.2) is 45.8 Å². The molecular formula is C14H10BrFN2O2S. The summed E-state index contributed by atoms with van der Waals surface area (Å²) in [7, 11) is -3.89. The van der Waals surface area contributed by atoms with Crippen molar-refractivity contribution in [3.05, 3.63) is 57.8 Å². The molecule has 2 aromatic carbocycles. The van der Waals surface area contributed by atoms with Crippen molar-refractivity contribution in [2.75, 3.05) is 4.72 Å². The van der Waals surface area contributed by atoms with E-state index < -0.39 is 15.8 Å². The average molecular weight is 369 g/mol. The van der Waals surface area contributed by atoms with E-state index in [1.165, 1.54) is 24.3 Å². The molecule has 0 aliphatic heterocycles. The van der Waals surface area contributed by atoms with Gasteiger partial charge in [-0.2, -0.15) is 5.26 Å². The predicted molar refractivity (Wildman–Crippen MR) is 80.8 cm³/mol. The molecule has 0 atom stereocenters. The number of benzene rings is 2. The van der Waals surface area contributed by atoms with Gasteiger partial charge in [0.1, 0.15) is 5.82 Å². The highest BCUT2D eigenvalue weighted by Crippen LogP contribution is 2.23. The van der Waals surface area contributed by atoms with E-state index in [0.29, 0.717) is 5.56 Å². The van der Waals surface area contributed by atoms with Gasteiger partial charge in [0.25, 0.3) is 10.0 Å². The van der Waals surface area contributed by atoms with E-state index in [-0.39, 0.29) is 20.6 Å². The van der Waals surface area contributed by atoms with E-state index in [2.05, 4.69) is 20.7 Å². The smallest absolute Gasteiger partial charge is 0.262 e. The fourth-order valence-corrected chi connectivity index (χ4v) is 3.30. The lowest BCUT2D eigenvalue weighted by Gasteiger charge is -2.11. The highest BCUT2D eigenvalue weighted by Gasteiger charge is 2.18. The van der Waals surface area contributed by atoms with Crippen molar-refractivity contribution in [3.8, 4) is 6.07 Å². The molecule has 0 amide bonds. The van der Waals surface area contributed by atoms with E-state index in [0.717, 1.165) is 6.07 Å². The normalized spacial score (nSPS) is 11.0. The van der Waals surface area contributed by atoms with Gasteiger partial charge in [-0.1, -0.05) is 6.07 Å². The van der Waals surface area contributed by atoms with Gasteiger partial charge in [0, 0.05) is 0 Å². The lowest BCUT2D eigenvalue weighted by molar-refractivity contribution is 0.600. The average Bonchev–Trinajstić information content (AvgIpc) is 2.43. The van der Waals surface area contributed by atoms with Crippen LogP contribution in [0.4, 0.5) is 10.1 Å². The molecule has 0 fully saturated rings. The molecule has 0 saturated carbocycles. The minimum Gasteiger partial charge on any atom is -0.280 e. The minimum absolute atomic E-state index is 0.00937. The van der Waals surface area contributed by atoms with Gasteiger partial charge in [-0.3, -0.25) is 4.72 Å². The van der Waals surface area contributed by atoms with Crippen LogP contribution in [0.3, 0.4) is 0 Å². The number of sulfonamides is 1. The number of rotatable bonds is 3. The summed E-state index contributed by atoms with van der Waals surface area (Å²) in [6.45, 7) is 1.62. The quantitative estimate of drug-likeness (QED) is 0.899. The molecule has 21 heavy (non-hydrogen) atoms. The first kappa shape index (κ1) is 15.5. The Morgan fingerprint density at radius 2 is 1.95 bits per heavy atom. The summed E-state index contributed by atoms with van der Waals surface area (Å²) < 4.78 is 40.6. The maximum Gasteiger partial charge on any atom is 0.262 e. The topological polar surface area (TPSA) is 70.0 Å². The Bertz CT molecular complexity index is 845. The van der Waals surface area contributed by atoms with Crippen LogP contribution in [0.1, 0.15) is 11.1 Å². The van der Waals surface area contributed by atoms with E-state index in [4.69, 9.17) is 5.26 Å². The second-order valence-corrected chi connectivity index (χ2v) is 6.83. The third-order valence-corrected chi connectivity index (χ3v) is 4.94. The molecule has 2 rings (SSSR count). The molecule has 0 spiro atoms. The summed E-state index contributed by atoms with van der Waals surface area (Å²) in [6, 6.07) is 10.2. The van der Waals surface area contributed by atoms with Crippen LogP contribution in [0, 0.1) is 24.1 Å². The van der Waals surface area contributed by atoms with Crippen molar-refractivity contribution in [2.24, 2.45) is 0 Å². The number of nitriles is 1. The molecule has 0 unspecified atom stereocenters. The number of hydrogen-bond acceptors (Lipinski definition) is 3. The molecule has 0 aromatic heterocycles. The zero-order valence-electron chi connectivity index (χ0n) is 10.9. The minimum atomic E-state index is -3.89. The van der Waals surface area contributed by atoms with Gasteiger partial charge in [0.2, 0.25) is 0 Å². The SMILES string of the molecule is Cc1ccc(C#N)cc1S(=O)(=O)Nc1ccc(Br)c(F)c1. The Morgan fingerprint density at radius 3 is 2.57 bits per heavy atom. The monoisotopic (exact) mass is 368 g/mol. The maximum atomic E-state index is 13.4. The summed E-state index contributed by atoms with van der Waals surface area (Å²) in [5.41, 5.74) is 0.847. The lowest BCUT2D eigenvalue weighted by Crippen LogP contribution is -2.14. The number of halogens is 2. The maximum absolute atomic E-state index is 13.4. The molecule has 108 valence electrons. The fourth-order valence-electron chi connectivity index (χ4n) is 1.73. The van der Waals surface area contributed by atoms with Gasteiger partial charge in [-0.25, -0.2) is 12.8 Å². The molecule has 0 heterocycles. The molecule has 1 N–H and O–H groups in total. The number of anilines is 1. The molecule has 0 aliphatic rings.